The molecule has 3 aromatic carbocycles. The third-order valence-corrected chi connectivity index (χ3v) is 6.03. The first-order valence-corrected chi connectivity index (χ1v) is 10.9. The number of thiazole rings is 1. The maximum atomic E-state index is 12.7. The molecule has 0 saturated heterocycles. The maximum Gasteiger partial charge on any atom is 0.279 e. The molecule has 6 heteroatoms. The Balaban J connectivity index is 1.89. The summed E-state index contributed by atoms with van der Waals surface area (Å²) in [6.45, 7) is 0. The molecule has 0 aliphatic heterocycles. The number of aromatic nitrogens is 1. The second-order valence-corrected chi connectivity index (χ2v) is 8.67. The van der Waals surface area contributed by atoms with Gasteiger partial charge in [0.15, 0.2) is 4.80 Å². The lowest BCUT2D eigenvalue weighted by molar-refractivity contribution is 0.0998. The van der Waals surface area contributed by atoms with Gasteiger partial charge in [0.25, 0.3) is 5.91 Å². The van der Waals surface area contributed by atoms with E-state index in [0.717, 1.165) is 25.9 Å². The Labute approximate surface area is 183 Å². The topological polar surface area (TPSA) is 34.4 Å². The van der Waals surface area contributed by atoms with E-state index in [9.17, 15) is 4.79 Å². The Kier molecular flexibility index (Phi) is 5.71. The quantitative estimate of drug-likeness (QED) is 0.309. The molecule has 1 aromatic heterocycles. The Morgan fingerprint density at radius 1 is 0.821 bits per heavy atom. The standard InChI is InChI=1S/C22H14Br2N2OS/c23-17-8-6-15(7-9-17)20-14-28-22(25-21(27)16-4-2-1-3-5-16)26(20)19-12-10-18(24)11-13-19/h1-14H. The molecule has 0 aliphatic carbocycles. The largest absolute Gasteiger partial charge is 0.285 e. The summed E-state index contributed by atoms with van der Waals surface area (Å²) in [5.74, 6) is -0.254. The van der Waals surface area contributed by atoms with Crippen LogP contribution >= 0.6 is 43.2 Å². The number of rotatable bonds is 3. The van der Waals surface area contributed by atoms with E-state index in [1.165, 1.54) is 11.3 Å². The summed E-state index contributed by atoms with van der Waals surface area (Å²) in [4.78, 5) is 17.7. The second kappa shape index (κ2) is 8.39. The first-order valence-electron chi connectivity index (χ1n) is 8.48. The molecule has 1 amide bonds. The van der Waals surface area contributed by atoms with Crippen molar-refractivity contribution in [2.45, 2.75) is 0 Å². The van der Waals surface area contributed by atoms with Crippen molar-refractivity contribution in [2.75, 3.05) is 0 Å². The van der Waals surface area contributed by atoms with Crippen LogP contribution in [0.1, 0.15) is 10.4 Å². The molecule has 0 bridgehead atoms. The Morgan fingerprint density at radius 3 is 2.07 bits per heavy atom. The van der Waals surface area contributed by atoms with E-state index in [1.54, 1.807) is 12.1 Å². The molecular weight excluding hydrogens is 500 g/mol. The zero-order valence-electron chi connectivity index (χ0n) is 14.5. The van der Waals surface area contributed by atoms with E-state index < -0.39 is 0 Å². The van der Waals surface area contributed by atoms with Crippen LogP contribution in [0.5, 0.6) is 0 Å². The van der Waals surface area contributed by atoms with Gasteiger partial charge in [0.2, 0.25) is 0 Å². The van der Waals surface area contributed by atoms with Crippen molar-refractivity contribution in [3.63, 3.8) is 0 Å². The monoisotopic (exact) mass is 512 g/mol. The first kappa shape index (κ1) is 19.1. The maximum absolute atomic E-state index is 12.7. The number of hydrogen-bond donors (Lipinski definition) is 0. The lowest BCUT2D eigenvalue weighted by Crippen LogP contribution is -2.16. The first-order chi connectivity index (χ1) is 13.6. The molecule has 28 heavy (non-hydrogen) atoms. The minimum absolute atomic E-state index is 0.254. The van der Waals surface area contributed by atoms with E-state index in [4.69, 9.17) is 0 Å². The van der Waals surface area contributed by atoms with Gasteiger partial charge in [-0.15, -0.1) is 11.3 Å². The fraction of sp³-hybridized carbons (Fsp3) is 0. The predicted molar refractivity (Wildman–Crippen MR) is 121 cm³/mol. The zero-order chi connectivity index (χ0) is 19.5. The van der Waals surface area contributed by atoms with Crippen LogP contribution in [-0.2, 0) is 0 Å². The van der Waals surface area contributed by atoms with Gasteiger partial charge in [-0.1, -0.05) is 62.2 Å². The summed E-state index contributed by atoms with van der Waals surface area (Å²) in [5.41, 5.74) is 3.56. The smallest absolute Gasteiger partial charge is 0.279 e. The minimum Gasteiger partial charge on any atom is -0.285 e. The van der Waals surface area contributed by atoms with Gasteiger partial charge >= 0.3 is 0 Å². The van der Waals surface area contributed by atoms with Crippen molar-refractivity contribution in [1.82, 2.24) is 4.57 Å². The van der Waals surface area contributed by atoms with Crippen LogP contribution in [0.2, 0.25) is 0 Å². The Bertz CT molecular complexity index is 1180. The van der Waals surface area contributed by atoms with Gasteiger partial charge in [-0.05, 0) is 54.1 Å². The molecule has 0 aliphatic rings. The fourth-order valence-corrected chi connectivity index (χ4v) is 4.21. The van der Waals surface area contributed by atoms with Crippen molar-refractivity contribution < 1.29 is 4.79 Å². The highest BCUT2D eigenvalue weighted by molar-refractivity contribution is 9.10. The second-order valence-electron chi connectivity index (χ2n) is 6.01. The zero-order valence-corrected chi connectivity index (χ0v) is 18.5. The summed E-state index contributed by atoms with van der Waals surface area (Å²) in [7, 11) is 0. The van der Waals surface area contributed by atoms with E-state index in [1.807, 2.05) is 76.7 Å². The number of benzene rings is 3. The molecule has 0 saturated carbocycles. The molecule has 0 N–H and O–H groups in total. The average Bonchev–Trinajstić information content (AvgIpc) is 3.13. The van der Waals surface area contributed by atoms with Crippen LogP contribution in [0.25, 0.3) is 16.9 Å². The Hall–Kier alpha value is -2.28. The number of carbonyl (C=O) groups excluding carboxylic acids is 1. The fourth-order valence-electron chi connectivity index (χ4n) is 2.78. The molecule has 0 radical (unpaired) electrons. The van der Waals surface area contributed by atoms with Gasteiger partial charge in [-0.25, -0.2) is 0 Å². The van der Waals surface area contributed by atoms with Crippen molar-refractivity contribution in [3.05, 3.63) is 104 Å². The summed E-state index contributed by atoms with van der Waals surface area (Å²) in [6.07, 6.45) is 0. The van der Waals surface area contributed by atoms with Gasteiger partial charge in [0.1, 0.15) is 0 Å². The highest BCUT2D eigenvalue weighted by atomic mass is 79.9. The van der Waals surface area contributed by atoms with Crippen molar-refractivity contribution in [2.24, 2.45) is 4.99 Å². The highest BCUT2D eigenvalue weighted by Crippen LogP contribution is 2.26. The van der Waals surface area contributed by atoms with Gasteiger partial charge < -0.3 is 0 Å². The highest BCUT2D eigenvalue weighted by Gasteiger charge is 2.12. The Morgan fingerprint density at radius 2 is 1.43 bits per heavy atom. The molecule has 138 valence electrons. The normalized spacial score (nSPS) is 11.6. The summed E-state index contributed by atoms with van der Waals surface area (Å²) in [5, 5.41) is 2.03. The van der Waals surface area contributed by atoms with Crippen LogP contribution in [0, 0.1) is 0 Å². The summed E-state index contributed by atoms with van der Waals surface area (Å²) in [6, 6.07) is 25.2. The summed E-state index contributed by atoms with van der Waals surface area (Å²) < 4.78 is 4.03. The van der Waals surface area contributed by atoms with Crippen molar-refractivity contribution in [1.29, 1.82) is 0 Å². The van der Waals surface area contributed by atoms with Gasteiger partial charge in [0, 0.05) is 25.6 Å². The number of amides is 1. The van der Waals surface area contributed by atoms with Crippen LogP contribution in [0.15, 0.2) is 98.2 Å². The van der Waals surface area contributed by atoms with Crippen LogP contribution in [0.3, 0.4) is 0 Å². The van der Waals surface area contributed by atoms with Crippen LogP contribution in [0.4, 0.5) is 0 Å². The van der Waals surface area contributed by atoms with Gasteiger partial charge in [-0.2, -0.15) is 4.99 Å². The predicted octanol–water partition coefficient (Wildman–Crippen LogP) is 6.47. The molecule has 0 fully saturated rings. The molecule has 4 aromatic rings. The molecule has 3 nitrogen and oxygen atoms in total. The third kappa shape index (κ3) is 4.09. The SMILES string of the molecule is O=C(N=c1scc(-c2ccc(Br)cc2)n1-c1ccc(Br)cc1)c1ccccc1. The summed E-state index contributed by atoms with van der Waals surface area (Å²) >= 11 is 8.41. The lowest BCUT2D eigenvalue weighted by atomic mass is 10.1. The van der Waals surface area contributed by atoms with E-state index in [-0.39, 0.29) is 5.91 Å². The number of nitrogens with zero attached hydrogens (tertiary/aromatic N) is 2. The number of carbonyl (C=O) groups is 1. The molecular formula is C22H14Br2N2OS. The molecule has 4 rings (SSSR count). The molecule has 1 heterocycles. The molecule has 0 unspecified atom stereocenters. The molecule has 0 spiro atoms. The van der Waals surface area contributed by atoms with Crippen LogP contribution < -0.4 is 4.80 Å². The van der Waals surface area contributed by atoms with Crippen molar-refractivity contribution >= 4 is 49.1 Å². The van der Waals surface area contributed by atoms with Crippen molar-refractivity contribution in [3.8, 4) is 16.9 Å². The number of halogens is 2. The van der Waals surface area contributed by atoms with Gasteiger partial charge in [-0.3, -0.25) is 9.36 Å². The third-order valence-electron chi connectivity index (χ3n) is 4.15. The van der Waals surface area contributed by atoms with E-state index >= 15 is 0 Å². The lowest BCUT2D eigenvalue weighted by Gasteiger charge is -2.09. The van der Waals surface area contributed by atoms with Crippen LogP contribution in [-0.4, -0.2) is 10.5 Å². The van der Waals surface area contributed by atoms with Gasteiger partial charge in [0.05, 0.1) is 5.69 Å². The molecule has 0 atom stereocenters. The minimum atomic E-state index is -0.254. The van der Waals surface area contributed by atoms with E-state index in [0.29, 0.717) is 10.4 Å². The van der Waals surface area contributed by atoms with E-state index in [2.05, 4.69) is 36.9 Å². The number of hydrogen-bond acceptors (Lipinski definition) is 2. The average molecular weight is 514 g/mol.